The van der Waals surface area contributed by atoms with Gasteiger partial charge in [-0.15, -0.1) is 0 Å². The summed E-state index contributed by atoms with van der Waals surface area (Å²) in [6, 6.07) is 1.63. The monoisotopic (exact) mass is 236 g/mol. The van der Waals surface area contributed by atoms with Gasteiger partial charge in [0.2, 0.25) is 5.91 Å². The summed E-state index contributed by atoms with van der Waals surface area (Å²) in [4.78, 5) is 26.6. The van der Waals surface area contributed by atoms with Crippen LogP contribution in [0.25, 0.3) is 0 Å². The number of nitrogens with zero attached hydrogens (tertiary/aromatic N) is 1. The second kappa shape index (κ2) is 5.83. The number of hydrogen-bond acceptors (Lipinski definition) is 4. The number of aryl methyl sites for hydroxylation is 1. The van der Waals surface area contributed by atoms with Crippen molar-refractivity contribution in [2.24, 2.45) is 0 Å². The van der Waals surface area contributed by atoms with Crippen LogP contribution in [0.4, 0.5) is 5.69 Å². The zero-order valence-corrected chi connectivity index (χ0v) is 9.91. The number of nitrogen functional groups attached to an aromatic ring is 1. The normalized spacial score (nSPS) is 9.76. The number of hydrogen-bond donors (Lipinski definition) is 3. The van der Waals surface area contributed by atoms with E-state index in [-0.39, 0.29) is 24.8 Å². The quantitative estimate of drug-likeness (QED) is 0.676. The summed E-state index contributed by atoms with van der Waals surface area (Å²) >= 11 is 0. The van der Waals surface area contributed by atoms with E-state index in [1.165, 1.54) is 6.20 Å². The van der Waals surface area contributed by atoms with Crippen molar-refractivity contribution >= 4 is 17.5 Å². The first kappa shape index (κ1) is 13.0. The number of nitrogens with two attached hydrogens (primary N) is 1. The maximum absolute atomic E-state index is 11.7. The van der Waals surface area contributed by atoms with Gasteiger partial charge in [-0.05, 0) is 13.0 Å². The minimum atomic E-state index is -0.320. The molecular weight excluding hydrogens is 220 g/mol. The van der Waals surface area contributed by atoms with E-state index in [2.05, 4.69) is 15.6 Å². The van der Waals surface area contributed by atoms with Crippen LogP contribution >= 0.6 is 0 Å². The Kier molecular flexibility index (Phi) is 4.45. The van der Waals surface area contributed by atoms with Gasteiger partial charge in [-0.3, -0.25) is 14.6 Å². The van der Waals surface area contributed by atoms with E-state index >= 15 is 0 Å². The first-order valence-corrected chi connectivity index (χ1v) is 5.25. The molecule has 0 bridgehead atoms. The van der Waals surface area contributed by atoms with Crippen molar-refractivity contribution in [2.75, 3.05) is 19.3 Å². The number of amides is 2. The molecule has 1 aromatic heterocycles. The van der Waals surface area contributed by atoms with E-state index in [1.54, 1.807) is 20.0 Å². The Morgan fingerprint density at radius 3 is 2.76 bits per heavy atom. The van der Waals surface area contributed by atoms with Gasteiger partial charge < -0.3 is 16.4 Å². The predicted molar refractivity (Wildman–Crippen MR) is 64.4 cm³/mol. The molecule has 1 aromatic rings. The van der Waals surface area contributed by atoms with Gasteiger partial charge >= 0.3 is 0 Å². The highest BCUT2D eigenvalue weighted by Gasteiger charge is 2.10. The molecule has 2 amide bonds. The van der Waals surface area contributed by atoms with Crippen LogP contribution in [0.3, 0.4) is 0 Å². The minimum absolute atomic E-state index is 0.125. The lowest BCUT2D eigenvalue weighted by Crippen LogP contribution is -2.29. The molecule has 6 heteroatoms. The van der Waals surface area contributed by atoms with Crippen LogP contribution in [0.15, 0.2) is 12.3 Å². The van der Waals surface area contributed by atoms with Gasteiger partial charge in [0, 0.05) is 37.6 Å². The fourth-order valence-corrected chi connectivity index (χ4v) is 1.28. The van der Waals surface area contributed by atoms with E-state index in [0.29, 0.717) is 11.3 Å². The Bertz CT molecular complexity index is 431. The smallest absolute Gasteiger partial charge is 0.254 e. The summed E-state index contributed by atoms with van der Waals surface area (Å²) in [6.07, 6.45) is 1.67. The van der Waals surface area contributed by atoms with Crippen molar-refractivity contribution in [3.05, 3.63) is 23.5 Å². The molecule has 0 fully saturated rings. The van der Waals surface area contributed by atoms with E-state index < -0.39 is 0 Å². The van der Waals surface area contributed by atoms with E-state index in [1.807, 2.05) is 0 Å². The van der Waals surface area contributed by atoms with Gasteiger partial charge in [-0.1, -0.05) is 0 Å². The van der Waals surface area contributed by atoms with Crippen molar-refractivity contribution in [3.63, 3.8) is 0 Å². The lowest BCUT2D eigenvalue weighted by atomic mass is 10.2. The molecule has 0 radical (unpaired) electrons. The molecule has 0 aliphatic heterocycles. The maximum Gasteiger partial charge on any atom is 0.254 e. The van der Waals surface area contributed by atoms with Crippen molar-refractivity contribution in [2.45, 2.75) is 13.3 Å². The fourth-order valence-electron chi connectivity index (χ4n) is 1.28. The second-order valence-corrected chi connectivity index (χ2v) is 3.59. The van der Waals surface area contributed by atoms with Crippen LogP contribution in [-0.2, 0) is 4.79 Å². The van der Waals surface area contributed by atoms with E-state index in [9.17, 15) is 9.59 Å². The number of nitrogens with one attached hydrogen (secondary N) is 2. The van der Waals surface area contributed by atoms with Crippen LogP contribution in [0.5, 0.6) is 0 Å². The van der Waals surface area contributed by atoms with Gasteiger partial charge in [0.25, 0.3) is 5.91 Å². The number of anilines is 1. The average molecular weight is 236 g/mol. The zero-order chi connectivity index (χ0) is 12.8. The maximum atomic E-state index is 11.7. The highest BCUT2D eigenvalue weighted by molar-refractivity contribution is 5.98. The molecule has 0 aliphatic carbocycles. The van der Waals surface area contributed by atoms with Crippen molar-refractivity contribution in [1.82, 2.24) is 15.6 Å². The third-order valence-corrected chi connectivity index (χ3v) is 2.23. The lowest BCUT2D eigenvalue weighted by Gasteiger charge is -2.07. The van der Waals surface area contributed by atoms with Gasteiger partial charge in [0.1, 0.15) is 0 Å². The van der Waals surface area contributed by atoms with Crippen molar-refractivity contribution < 1.29 is 9.59 Å². The molecule has 0 aliphatic rings. The summed E-state index contributed by atoms with van der Waals surface area (Å²) < 4.78 is 0. The number of carbonyl (C=O) groups is 2. The fraction of sp³-hybridized carbons (Fsp3) is 0.364. The Morgan fingerprint density at radius 1 is 1.47 bits per heavy atom. The number of aromatic nitrogens is 1. The molecule has 17 heavy (non-hydrogen) atoms. The number of carbonyl (C=O) groups excluding carboxylic acids is 2. The van der Waals surface area contributed by atoms with E-state index in [0.717, 1.165) is 5.69 Å². The minimum Gasteiger partial charge on any atom is -0.398 e. The molecule has 4 N–H and O–H groups in total. The molecule has 0 unspecified atom stereocenters. The predicted octanol–water partition coefficient (Wildman–Crippen LogP) is -0.162. The van der Waals surface area contributed by atoms with E-state index in [4.69, 9.17) is 5.73 Å². The van der Waals surface area contributed by atoms with Crippen LogP contribution in [0.1, 0.15) is 22.5 Å². The standard InChI is InChI=1S/C11H16N4O2/c1-7-5-9(12)8(6-15-7)11(17)14-4-3-10(16)13-2/h5-6H,3-4H2,1-2H3,(H2,12,15)(H,13,16)(H,14,17). The summed E-state index contributed by atoms with van der Waals surface area (Å²) in [6.45, 7) is 2.06. The largest absolute Gasteiger partial charge is 0.398 e. The summed E-state index contributed by atoms with van der Waals surface area (Å²) in [5.74, 6) is -0.445. The van der Waals surface area contributed by atoms with Crippen molar-refractivity contribution in [3.8, 4) is 0 Å². The van der Waals surface area contributed by atoms with Crippen LogP contribution in [0.2, 0.25) is 0 Å². The Morgan fingerprint density at radius 2 is 2.18 bits per heavy atom. The van der Waals surface area contributed by atoms with Gasteiger partial charge in [-0.25, -0.2) is 0 Å². The SMILES string of the molecule is CNC(=O)CCNC(=O)c1cnc(C)cc1N. The molecule has 1 heterocycles. The van der Waals surface area contributed by atoms with Gasteiger partial charge in [0.15, 0.2) is 0 Å². The molecule has 0 saturated carbocycles. The second-order valence-electron chi connectivity index (χ2n) is 3.59. The van der Waals surface area contributed by atoms with Crippen LogP contribution in [0, 0.1) is 6.92 Å². The Labute approximate surface area is 99.6 Å². The lowest BCUT2D eigenvalue weighted by molar-refractivity contribution is -0.120. The summed E-state index contributed by atoms with van der Waals surface area (Å²) in [7, 11) is 1.55. The number of pyridine rings is 1. The Hall–Kier alpha value is -2.11. The number of rotatable bonds is 4. The highest BCUT2D eigenvalue weighted by atomic mass is 16.2. The first-order chi connectivity index (χ1) is 8.04. The Balaban J connectivity index is 2.55. The molecule has 1 rings (SSSR count). The van der Waals surface area contributed by atoms with Crippen LogP contribution in [-0.4, -0.2) is 30.4 Å². The summed E-state index contributed by atoms with van der Waals surface area (Å²) in [5.41, 5.74) is 7.16. The average Bonchev–Trinajstić information content (AvgIpc) is 2.28. The third kappa shape index (κ3) is 3.75. The van der Waals surface area contributed by atoms with Gasteiger partial charge in [0.05, 0.1) is 5.56 Å². The highest BCUT2D eigenvalue weighted by Crippen LogP contribution is 2.10. The topological polar surface area (TPSA) is 97.1 Å². The molecule has 6 nitrogen and oxygen atoms in total. The van der Waals surface area contributed by atoms with Gasteiger partial charge in [-0.2, -0.15) is 0 Å². The first-order valence-electron chi connectivity index (χ1n) is 5.25. The zero-order valence-electron chi connectivity index (χ0n) is 9.91. The molecule has 0 saturated heterocycles. The molecule has 92 valence electrons. The summed E-state index contributed by atoms with van der Waals surface area (Å²) in [5, 5.41) is 5.07. The molecule has 0 spiro atoms. The van der Waals surface area contributed by atoms with Crippen LogP contribution < -0.4 is 16.4 Å². The van der Waals surface area contributed by atoms with Crippen molar-refractivity contribution in [1.29, 1.82) is 0 Å². The molecule has 0 aromatic carbocycles. The molecule has 0 atom stereocenters. The molecular formula is C11H16N4O2. The third-order valence-electron chi connectivity index (χ3n) is 2.23.